The molecule has 2 rings (SSSR count). The van der Waals surface area contributed by atoms with Crippen LogP contribution in [0.1, 0.15) is 57.3 Å². The highest BCUT2D eigenvalue weighted by Crippen LogP contribution is 2.41. The van der Waals surface area contributed by atoms with Crippen LogP contribution in [0.2, 0.25) is 0 Å². The average molecular weight is 319 g/mol. The van der Waals surface area contributed by atoms with Gasteiger partial charge in [0.2, 0.25) is 5.92 Å². The maximum Gasteiger partial charge on any atom is 0.313 e. The Morgan fingerprint density at radius 2 is 2.05 bits per heavy atom. The minimum Gasteiger partial charge on any atom is -0.481 e. The summed E-state index contributed by atoms with van der Waals surface area (Å²) in [5.74, 6) is -2.91. The highest BCUT2D eigenvalue weighted by atomic mass is 32.2. The van der Waals surface area contributed by atoms with Crippen LogP contribution in [0.5, 0.6) is 0 Å². The normalized spacial score (nSPS) is 19.1. The maximum absolute atomic E-state index is 13.3. The van der Waals surface area contributed by atoms with Crippen LogP contribution in [-0.2, 0) is 4.79 Å². The lowest BCUT2D eigenvalue weighted by Gasteiger charge is -2.28. The number of carbonyl (C=O) groups is 1. The van der Waals surface area contributed by atoms with Crippen molar-refractivity contribution >= 4 is 17.7 Å². The van der Waals surface area contributed by atoms with Crippen molar-refractivity contribution in [3.63, 3.8) is 0 Å². The molecule has 0 radical (unpaired) electrons. The van der Waals surface area contributed by atoms with Gasteiger partial charge < -0.3 is 9.67 Å². The van der Waals surface area contributed by atoms with Gasteiger partial charge in [0, 0.05) is 24.8 Å². The number of nitrogens with zero attached hydrogens (tertiary/aromatic N) is 3. The minimum absolute atomic E-state index is 0.0290. The number of thioether (sulfide) groups is 1. The molecule has 0 amide bonds. The highest BCUT2D eigenvalue weighted by molar-refractivity contribution is 7.99. The van der Waals surface area contributed by atoms with Gasteiger partial charge in [0.25, 0.3) is 0 Å². The van der Waals surface area contributed by atoms with Crippen molar-refractivity contribution in [2.75, 3.05) is 5.75 Å². The summed E-state index contributed by atoms with van der Waals surface area (Å²) in [6.45, 7) is 3.91. The van der Waals surface area contributed by atoms with Crippen LogP contribution in [0, 0.1) is 0 Å². The molecule has 0 saturated heterocycles. The number of aromatic nitrogens is 3. The Morgan fingerprint density at radius 1 is 1.43 bits per heavy atom. The SMILES string of the molecule is CC(C)n1c(SCC(=O)O)nnc1C1CCC(F)(F)CC1. The first-order valence-electron chi connectivity index (χ1n) is 6.97. The van der Waals surface area contributed by atoms with E-state index in [-0.39, 0.29) is 30.6 Å². The number of hydrogen-bond acceptors (Lipinski definition) is 4. The summed E-state index contributed by atoms with van der Waals surface area (Å²) in [6, 6.07) is 0.0636. The van der Waals surface area contributed by atoms with Gasteiger partial charge in [-0.25, -0.2) is 8.78 Å². The lowest BCUT2D eigenvalue weighted by atomic mass is 9.86. The summed E-state index contributed by atoms with van der Waals surface area (Å²) < 4.78 is 28.4. The van der Waals surface area contributed by atoms with E-state index in [0.29, 0.717) is 23.8 Å². The third kappa shape index (κ3) is 3.93. The topological polar surface area (TPSA) is 68.0 Å². The molecule has 0 atom stereocenters. The number of aliphatic carboxylic acids is 1. The second-order valence-corrected chi connectivity index (χ2v) is 6.56. The molecule has 0 spiro atoms. The number of rotatable bonds is 5. The zero-order valence-corrected chi connectivity index (χ0v) is 12.9. The summed E-state index contributed by atoms with van der Waals surface area (Å²) in [6.07, 6.45) is 0.531. The van der Waals surface area contributed by atoms with Crippen molar-refractivity contribution in [2.24, 2.45) is 0 Å². The molecule has 0 aliphatic heterocycles. The molecular weight excluding hydrogens is 300 g/mol. The van der Waals surface area contributed by atoms with E-state index in [1.54, 1.807) is 0 Å². The molecule has 8 heteroatoms. The van der Waals surface area contributed by atoms with Crippen LogP contribution in [0.15, 0.2) is 5.16 Å². The van der Waals surface area contributed by atoms with Gasteiger partial charge in [-0.05, 0) is 26.7 Å². The van der Waals surface area contributed by atoms with Crippen molar-refractivity contribution in [1.29, 1.82) is 0 Å². The fourth-order valence-electron chi connectivity index (χ4n) is 2.58. The molecular formula is C13H19F2N3O2S. The van der Waals surface area contributed by atoms with Gasteiger partial charge in [-0.2, -0.15) is 0 Å². The maximum atomic E-state index is 13.3. The van der Waals surface area contributed by atoms with Gasteiger partial charge in [0.15, 0.2) is 5.16 Å². The second-order valence-electron chi connectivity index (χ2n) is 5.62. The van der Waals surface area contributed by atoms with Crippen LogP contribution in [0.4, 0.5) is 8.78 Å². The van der Waals surface area contributed by atoms with Crippen LogP contribution >= 0.6 is 11.8 Å². The Balaban J connectivity index is 2.18. The van der Waals surface area contributed by atoms with Crippen molar-refractivity contribution in [3.8, 4) is 0 Å². The third-order valence-electron chi connectivity index (χ3n) is 3.61. The fourth-order valence-corrected chi connectivity index (χ4v) is 3.37. The Kier molecular flexibility index (Phi) is 4.85. The van der Waals surface area contributed by atoms with Gasteiger partial charge >= 0.3 is 5.97 Å². The molecule has 1 N–H and O–H groups in total. The standard InChI is InChI=1S/C13H19F2N3O2S/c1-8(2)18-11(9-3-5-13(14,15)6-4-9)16-17-12(18)21-7-10(19)20/h8-9H,3-7H2,1-2H3,(H,19,20). The van der Waals surface area contributed by atoms with Crippen LogP contribution < -0.4 is 0 Å². The zero-order chi connectivity index (χ0) is 15.6. The molecule has 21 heavy (non-hydrogen) atoms. The van der Waals surface area contributed by atoms with E-state index >= 15 is 0 Å². The van der Waals surface area contributed by atoms with E-state index in [1.165, 1.54) is 0 Å². The molecule has 1 fully saturated rings. The second kappa shape index (κ2) is 6.29. The fraction of sp³-hybridized carbons (Fsp3) is 0.769. The van der Waals surface area contributed by atoms with Crippen LogP contribution in [0.3, 0.4) is 0 Å². The van der Waals surface area contributed by atoms with Crippen molar-refractivity contribution in [2.45, 2.75) is 62.6 Å². The van der Waals surface area contributed by atoms with Gasteiger partial charge in [-0.1, -0.05) is 11.8 Å². The van der Waals surface area contributed by atoms with Gasteiger partial charge in [-0.15, -0.1) is 10.2 Å². The predicted molar refractivity (Wildman–Crippen MR) is 74.9 cm³/mol. The third-order valence-corrected chi connectivity index (χ3v) is 4.54. The monoisotopic (exact) mass is 319 g/mol. The smallest absolute Gasteiger partial charge is 0.313 e. The number of halogens is 2. The van der Waals surface area contributed by atoms with Gasteiger partial charge in [0.05, 0.1) is 5.75 Å². The first kappa shape index (κ1) is 16.2. The molecule has 1 aromatic heterocycles. The lowest BCUT2D eigenvalue weighted by molar-refractivity contribution is -0.133. The van der Waals surface area contributed by atoms with E-state index in [9.17, 15) is 13.6 Å². The Bertz CT molecular complexity index is 510. The molecule has 5 nitrogen and oxygen atoms in total. The first-order valence-corrected chi connectivity index (χ1v) is 7.96. The van der Waals surface area contributed by atoms with Crippen LogP contribution in [0.25, 0.3) is 0 Å². The summed E-state index contributed by atoms with van der Waals surface area (Å²) >= 11 is 1.11. The number of alkyl halides is 2. The van der Waals surface area contributed by atoms with E-state index in [1.807, 2.05) is 18.4 Å². The molecule has 1 aliphatic carbocycles. The van der Waals surface area contributed by atoms with Gasteiger partial charge in [-0.3, -0.25) is 4.79 Å². The molecule has 0 unspecified atom stereocenters. The van der Waals surface area contributed by atoms with Crippen LogP contribution in [-0.4, -0.2) is 37.5 Å². The molecule has 118 valence electrons. The number of carboxylic acid groups (broad SMARTS) is 1. The molecule has 1 aliphatic rings. The van der Waals surface area contributed by atoms with E-state index < -0.39 is 11.9 Å². The summed E-state index contributed by atoms with van der Waals surface area (Å²) in [4.78, 5) is 10.7. The van der Waals surface area contributed by atoms with Crippen molar-refractivity contribution < 1.29 is 18.7 Å². The molecule has 0 aromatic carbocycles. The number of hydrogen-bond donors (Lipinski definition) is 1. The summed E-state index contributed by atoms with van der Waals surface area (Å²) in [7, 11) is 0. The molecule has 0 bridgehead atoms. The van der Waals surface area contributed by atoms with E-state index in [4.69, 9.17) is 5.11 Å². The Hall–Kier alpha value is -1.18. The Labute approximate surface area is 126 Å². The van der Waals surface area contributed by atoms with Crippen molar-refractivity contribution in [3.05, 3.63) is 5.82 Å². The summed E-state index contributed by atoms with van der Waals surface area (Å²) in [5, 5.41) is 17.5. The quantitative estimate of drug-likeness (QED) is 0.843. The minimum atomic E-state index is -2.57. The molecule has 1 saturated carbocycles. The van der Waals surface area contributed by atoms with E-state index in [0.717, 1.165) is 11.8 Å². The van der Waals surface area contributed by atoms with Crippen molar-refractivity contribution in [1.82, 2.24) is 14.8 Å². The lowest BCUT2D eigenvalue weighted by Crippen LogP contribution is -2.25. The highest BCUT2D eigenvalue weighted by Gasteiger charge is 2.37. The first-order chi connectivity index (χ1) is 9.80. The average Bonchev–Trinajstić information content (AvgIpc) is 2.80. The molecule has 1 aromatic rings. The number of carboxylic acids is 1. The predicted octanol–water partition coefficient (Wildman–Crippen LogP) is 3.33. The largest absolute Gasteiger partial charge is 0.481 e. The zero-order valence-electron chi connectivity index (χ0n) is 12.1. The van der Waals surface area contributed by atoms with E-state index in [2.05, 4.69) is 10.2 Å². The Morgan fingerprint density at radius 3 is 2.57 bits per heavy atom. The van der Waals surface area contributed by atoms with Gasteiger partial charge in [0.1, 0.15) is 5.82 Å². The molecule has 1 heterocycles. The summed E-state index contributed by atoms with van der Waals surface area (Å²) in [5.41, 5.74) is 0.